The number of carbonyl (C=O) groups excluding carboxylic acids is 1. The maximum atomic E-state index is 12.0. The third-order valence-corrected chi connectivity index (χ3v) is 3.60. The van der Waals surface area contributed by atoms with Gasteiger partial charge in [-0.25, -0.2) is 0 Å². The highest BCUT2D eigenvalue weighted by molar-refractivity contribution is 5.82. The highest BCUT2D eigenvalue weighted by atomic mass is 16.3. The predicted octanol–water partition coefficient (Wildman–Crippen LogP) is -0.0323. The number of amides is 1. The minimum atomic E-state index is -0.319. The van der Waals surface area contributed by atoms with Crippen molar-refractivity contribution in [3.05, 3.63) is 0 Å². The smallest absolute Gasteiger partial charge is 0.239 e. The summed E-state index contributed by atoms with van der Waals surface area (Å²) in [4.78, 5) is 13.8. The van der Waals surface area contributed by atoms with Gasteiger partial charge in [0.25, 0.3) is 0 Å². The van der Waals surface area contributed by atoms with Crippen LogP contribution >= 0.6 is 0 Å². The molecular formula is C11H20N2O2. The van der Waals surface area contributed by atoms with Gasteiger partial charge in [0, 0.05) is 19.0 Å². The quantitative estimate of drug-likeness (QED) is 0.676. The fraction of sp³-hybridized carbons (Fsp3) is 0.909. The first-order valence-corrected chi connectivity index (χ1v) is 5.92. The topological polar surface area (TPSA) is 52.6 Å². The van der Waals surface area contributed by atoms with Gasteiger partial charge in [-0.3, -0.25) is 4.79 Å². The minimum Gasteiger partial charge on any atom is -0.391 e. The SMILES string of the molecule is CCC1CN(C(=O)C2CCCN2)CC1O. The summed E-state index contributed by atoms with van der Waals surface area (Å²) < 4.78 is 0. The molecule has 2 aliphatic rings. The second kappa shape index (κ2) is 4.49. The standard InChI is InChI=1S/C11H20N2O2/c1-2-8-6-13(7-10(8)14)11(15)9-4-3-5-12-9/h8-10,12,14H,2-7H2,1H3. The lowest BCUT2D eigenvalue weighted by Gasteiger charge is -2.20. The second-order valence-corrected chi connectivity index (χ2v) is 4.63. The maximum absolute atomic E-state index is 12.0. The fourth-order valence-corrected chi connectivity index (χ4v) is 2.55. The van der Waals surface area contributed by atoms with Gasteiger partial charge in [0.05, 0.1) is 12.1 Å². The van der Waals surface area contributed by atoms with Crippen LogP contribution in [0.15, 0.2) is 0 Å². The molecule has 4 nitrogen and oxygen atoms in total. The molecule has 3 unspecified atom stereocenters. The number of β-amino-alcohol motifs (C(OH)–C–C–N with tert-alkyl or cyclic N) is 1. The van der Waals surface area contributed by atoms with Gasteiger partial charge < -0.3 is 15.3 Å². The summed E-state index contributed by atoms with van der Waals surface area (Å²) in [5.41, 5.74) is 0. The van der Waals surface area contributed by atoms with Gasteiger partial charge in [-0.1, -0.05) is 6.92 Å². The molecule has 0 aromatic carbocycles. The van der Waals surface area contributed by atoms with E-state index < -0.39 is 0 Å². The number of rotatable bonds is 2. The van der Waals surface area contributed by atoms with Crippen molar-refractivity contribution in [1.29, 1.82) is 0 Å². The van der Waals surface area contributed by atoms with Crippen LogP contribution in [0.2, 0.25) is 0 Å². The van der Waals surface area contributed by atoms with Gasteiger partial charge in [-0.15, -0.1) is 0 Å². The van der Waals surface area contributed by atoms with Crippen molar-refractivity contribution < 1.29 is 9.90 Å². The van der Waals surface area contributed by atoms with E-state index in [0.717, 1.165) is 32.4 Å². The molecule has 2 fully saturated rings. The normalized spacial score (nSPS) is 36.1. The minimum absolute atomic E-state index is 0.00723. The first-order chi connectivity index (χ1) is 7.22. The van der Waals surface area contributed by atoms with E-state index in [4.69, 9.17) is 0 Å². The van der Waals surface area contributed by atoms with Gasteiger partial charge >= 0.3 is 0 Å². The molecule has 0 spiro atoms. The number of nitrogens with one attached hydrogen (secondary N) is 1. The zero-order valence-electron chi connectivity index (χ0n) is 9.28. The zero-order valence-corrected chi connectivity index (χ0v) is 9.28. The van der Waals surface area contributed by atoms with E-state index in [1.807, 2.05) is 4.90 Å². The van der Waals surface area contributed by atoms with Crippen molar-refractivity contribution in [2.75, 3.05) is 19.6 Å². The van der Waals surface area contributed by atoms with E-state index in [1.54, 1.807) is 0 Å². The Balaban J connectivity index is 1.91. The van der Waals surface area contributed by atoms with E-state index in [-0.39, 0.29) is 24.0 Å². The monoisotopic (exact) mass is 212 g/mol. The molecule has 15 heavy (non-hydrogen) atoms. The first-order valence-electron chi connectivity index (χ1n) is 5.92. The molecule has 0 aliphatic carbocycles. The van der Waals surface area contributed by atoms with Gasteiger partial charge in [0.2, 0.25) is 5.91 Å². The molecule has 0 saturated carbocycles. The van der Waals surface area contributed by atoms with Crippen LogP contribution < -0.4 is 5.32 Å². The van der Waals surface area contributed by atoms with E-state index in [9.17, 15) is 9.90 Å². The van der Waals surface area contributed by atoms with Gasteiger partial charge in [-0.2, -0.15) is 0 Å². The zero-order chi connectivity index (χ0) is 10.8. The van der Waals surface area contributed by atoms with Crippen molar-refractivity contribution in [3.8, 4) is 0 Å². The highest BCUT2D eigenvalue weighted by Crippen LogP contribution is 2.21. The Hall–Kier alpha value is -0.610. The molecule has 0 bridgehead atoms. The van der Waals surface area contributed by atoms with Crippen LogP contribution in [0.1, 0.15) is 26.2 Å². The summed E-state index contributed by atoms with van der Waals surface area (Å²) in [5, 5.41) is 12.9. The maximum Gasteiger partial charge on any atom is 0.239 e. The van der Waals surface area contributed by atoms with Crippen molar-refractivity contribution in [2.45, 2.75) is 38.3 Å². The summed E-state index contributed by atoms with van der Waals surface area (Å²) in [6.07, 6.45) is 2.66. The molecule has 0 radical (unpaired) electrons. The Bertz CT molecular complexity index is 239. The van der Waals surface area contributed by atoms with Crippen LogP contribution in [0.4, 0.5) is 0 Å². The number of hydrogen-bond donors (Lipinski definition) is 2. The summed E-state index contributed by atoms with van der Waals surface area (Å²) >= 11 is 0. The molecule has 2 aliphatic heterocycles. The van der Waals surface area contributed by atoms with Crippen molar-refractivity contribution in [3.63, 3.8) is 0 Å². The van der Waals surface area contributed by atoms with Crippen molar-refractivity contribution in [1.82, 2.24) is 10.2 Å². The Morgan fingerprint density at radius 2 is 2.33 bits per heavy atom. The van der Waals surface area contributed by atoms with Crippen LogP contribution in [-0.4, -0.2) is 47.7 Å². The van der Waals surface area contributed by atoms with Crippen LogP contribution in [0, 0.1) is 5.92 Å². The number of aliphatic hydroxyl groups excluding tert-OH is 1. The lowest BCUT2D eigenvalue weighted by atomic mass is 10.0. The summed E-state index contributed by atoms with van der Waals surface area (Å²) in [5.74, 6) is 0.456. The Kier molecular flexibility index (Phi) is 3.26. The highest BCUT2D eigenvalue weighted by Gasteiger charge is 2.36. The van der Waals surface area contributed by atoms with Gasteiger partial charge in [-0.05, 0) is 25.8 Å². The number of likely N-dealkylation sites (tertiary alicyclic amines) is 1. The van der Waals surface area contributed by atoms with Crippen molar-refractivity contribution in [2.24, 2.45) is 5.92 Å². The lowest BCUT2D eigenvalue weighted by molar-refractivity contribution is -0.132. The molecule has 4 heteroatoms. The second-order valence-electron chi connectivity index (χ2n) is 4.63. The number of aliphatic hydroxyl groups is 1. The summed E-state index contributed by atoms with van der Waals surface area (Å²) in [7, 11) is 0. The molecule has 3 atom stereocenters. The predicted molar refractivity (Wildman–Crippen MR) is 57.4 cm³/mol. The molecule has 2 N–H and O–H groups in total. The van der Waals surface area contributed by atoms with Crippen LogP contribution in [0.5, 0.6) is 0 Å². The van der Waals surface area contributed by atoms with E-state index in [0.29, 0.717) is 6.54 Å². The average Bonchev–Trinajstić information content (AvgIpc) is 2.85. The van der Waals surface area contributed by atoms with E-state index in [1.165, 1.54) is 0 Å². The molecule has 1 amide bonds. The Morgan fingerprint density at radius 3 is 2.87 bits per heavy atom. The largest absolute Gasteiger partial charge is 0.391 e. The number of hydrogen-bond acceptors (Lipinski definition) is 3. The third-order valence-electron chi connectivity index (χ3n) is 3.60. The molecule has 2 saturated heterocycles. The number of carbonyl (C=O) groups is 1. The van der Waals surface area contributed by atoms with Crippen molar-refractivity contribution >= 4 is 5.91 Å². The fourth-order valence-electron chi connectivity index (χ4n) is 2.55. The first kappa shape index (κ1) is 10.9. The molecule has 86 valence electrons. The molecule has 0 aromatic heterocycles. The molecular weight excluding hydrogens is 192 g/mol. The Morgan fingerprint density at radius 1 is 1.53 bits per heavy atom. The summed E-state index contributed by atoms with van der Waals surface area (Å²) in [6, 6.07) is 0.00723. The molecule has 2 rings (SSSR count). The molecule has 2 heterocycles. The average molecular weight is 212 g/mol. The Labute approximate surface area is 90.6 Å². The van der Waals surface area contributed by atoms with Gasteiger partial charge in [0.1, 0.15) is 0 Å². The van der Waals surface area contributed by atoms with E-state index in [2.05, 4.69) is 12.2 Å². The van der Waals surface area contributed by atoms with Gasteiger partial charge in [0.15, 0.2) is 0 Å². The number of nitrogens with zero attached hydrogens (tertiary/aromatic N) is 1. The molecule has 0 aromatic rings. The van der Waals surface area contributed by atoms with Crippen LogP contribution in [0.3, 0.4) is 0 Å². The van der Waals surface area contributed by atoms with Crippen LogP contribution in [-0.2, 0) is 4.79 Å². The lowest BCUT2D eigenvalue weighted by Crippen LogP contribution is -2.42. The van der Waals surface area contributed by atoms with Crippen LogP contribution in [0.25, 0.3) is 0 Å². The third kappa shape index (κ3) is 2.16. The summed E-state index contributed by atoms with van der Waals surface area (Å²) in [6.45, 7) is 4.27. The van der Waals surface area contributed by atoms with E-state index >= 15 is 0 Å².